The number of amides is 1. The van der Waals surface area contributed by atoms with E-state index in [1.807, 2.05) is 13.8 Å². The summed E-state index contributed by atoms with van der Waals surface area (Å²) < 4.78 is 16.2. The van der Waals surface area contributed by atoms with Crippen LogP contribution in [-0.4, -0.2) is 36.6 Å². The van der Waals surface area contributed by atoms with Crippen molar-refractivity contribution < 1.29 is 28.7 Å². The van der Waals surface area contributed by atoms with Crippen molar-refractivity contribution in [1.29, 1.82) is 0 Å². The second kappa shape index (κ2) is 12.1. The van der Waals surface area contributed by atoms with Crippen LogP contribution in [0.1, 0.15) is 31.4 Å². The number of esters is 1. The molecule has 32 heavy (non-hydrogen) atoms. The molecule has 170 valence electrons. The summed E-state index contributed by atoms with van der Waals surface area (Å²) in [6.07, 6.45) is 3.61. The fourth-order valence-electron chi connectivity index (χ4n) is 2.62. The fourth-order valence-corrected chi connectivity index (χ4v) is 2.62. The molecule has 0 radical (unpaired) electrons. The number of aryl methyl sites for hydroxylation is 1. The predicted octanol–water partition coefficient (Wildman–Crippen LogP) is 4.29. The summed E-state index contributed by atoms with van der Waals surface area (Å²) in [6.45, 7) is 6.08. The second-order valence-corrected chi connectivity index (χ2v) is 6.73. The Kier molecular flexibility index (Phi) is 9.22. The number of anilines is 1. The molecule has 2 aromatic carbocycles. The molecule has 9 heteroatoms. The highest BCUT2D eigenvalue weighted by Crippen LogP contribution is 2.29. The van der Waals surface area contributed by atoms with E-state index in [1.54, 1.807) is 25.1 Å². The first-order valence-corrected chi connectivity index (χ1v) is 10.1. The molecule has 1 amide bonds. The Balaban J connectivity index is 1.93. The molecular weight excluding hydrogens is 416 g/mol. The van der Waals surface area contributed by atoms with Crippen LogP contribution in [0.25, 0.3) is 6.08 Å². The lowest BCUT2D eigenvalue weighted by Crippen LogP contribution is -2.20. The quantitative estimate of drug-likeness (QED) is 0.239. The van der Waals surface area contributed by atoms with Gasteiger partial charge in [0.1, 0.15) is 0 Å². The molecule has 0 unspecified atom stereocenters. The van der Waals surface area contributed by atoms with Crippen LogP contribution in [0.2, 0.25) is 0 Å². The van der Waals surface area contributed by atoms with Crippen LogP contribution in [0.15, 0.2) is 42.5 Å². The van der Waals surface area contributed by atoms with Gasteiger partial charge in [-0.05, 0) is 49.6 Å². The number of benzene rings is 2. The molecule has 0 fully saturated rings. The van der Waals surface area contributed by atoms with E-state index in [2.05, 4.69) is 5.32 Å². The van der Waals surface area contributed by atoms with Gasteiger partial charge in [-0.15, -0.1) is 0 Å². The van der Waals surface area contributed by atoms with Crippen molar-refractivity contribution in [2.45, 2.75) is 27.2 Å². The van der Waals surface area contributed by atoms with E-state index in [-0.39, 0.29) is 11.4 Å². The maximum Gasteiger partial charge on any atom is 0.331 e. The van der Waals surface area contributed by atoms with Gasteiger partial charge in [-0.2, -0.15) is 0 Å². The van der Waals surface area contributed by atoms with E-state index in [4.69, 9.17) is 14.2 Å². The van der Waals surface area contributed by atoms with Gasteiger partial charge in [0.05, 0.1) is 23.8 Å². The summed E-state index contributed by atoms with van der Waals surface area (Å²) in [6, 6.07) is 9.40. The normalized spacial score (nSPS) is 10.6. The fraction of sp³-hybridized carbons (Fsp3) is 0.304. The zero-order chi connectivity index (χ0) is 23.5. The number of ether oxygens (including phenoxy) is 3. The van der Waals surface area contributed by atoms with Crippen LogP contribution in [-0.2, 0) is 14.3 Å². The van der Waals surface area contributed by atoms with E-state index in [0.29, 0.717) is 35.8 Å². The van der Waals surface area contributed by atoms with Gasteiger partial charge in [-0.1, -0.05) is 19.1 Å². The Hall–Kier alpha value is -3.88. The van der Waals surface area contributed by atoms with Crippen molar-refractivity contribution in [2.24, 2.45) is 0 Å². The molecule has 1 N–H and O–H groups in total. The third-order valence-electron chi connectivity index (χ3n) is 4.19. The highest BCUT2D eigenvalue weighted by Gasteiger charge is 2.12. The van der Waals surface area contributed by atoms with Crippen molar-refractivity contribution in [3.63, 3.8) is 0 Å². The zero-order valence-corrected chi connectivity index (χ0v) is 18.3. The Bertz CT molecular complexity index is 1000. The maximum atomic E-state index is 12.1. The topological polar surface area (TPSA) is 117 Å². The largest absolute Gasteiger partial charge is 0.490 e. The van der Waals surface area contributed by atoms with Crippen LogP contribution >= 0.6 is 0 Å². The van der Waals surface area contributed by atoms with Crippen LogP contribution in [0.5, 0.6) is 11.5 Å². The summed E-state index contributed by atoms with van der Waals surface area (Å²) in [5, 5.41) is 13.4. The van der Waals surface area contributed by atoms with Gasteiger partial charge in [0.2, 0.25) is 0 Å². The van der Waals surface area contributed by atoms with Crippen molar-refractivity contribution >= 4 is 29.3 Å². The molecule has 2 aromatic rings. The number of non-ortho nitro benzene ring substituents is 1. The smallest absolute Gasteiger partial charge is 0.331 e. The molecule has 0 spiro atoms. The third kappa shape index (κ3) is 7.42. The maximum absolute atomic E-state index is 12.1. The van der Waals surface area contributed by atoms with Crippen molar-refractivity contribution in [1.82, 2.24) is 0 Å². The molecule has 0 saturated heterocycles. The monoisotopic (exact) mass is 442 g/mol. The van der Waals surface area contributed by atoms with E-state index >= 15 is 0 Å². The van der Waals surface area contributed by atoms with Crippen molar-refractivity contribution in [3.05, 3.63) is 63.7 Å². The molecular formula is C23H26N2O7. The molecule has 9 nitrogen and oxygen atoms in total. The average Bonchev–Trinajstić information content (AvgIpc) is 2.77. The first-order valence-electron chi connectivity index (χ1n) is 10.1. The van der Waals surface area contributed by atoms with Crippen molar-refractivity contribution in [2.75, 3.05) is 25.1 Å². The number of hydrogen-bond acceptors (Lipinski definition) is 7. The van der Waals surface area contributed by atoms with E-state index in [0.717, 1.165) is 6.42 Å². The summed E-state index contributed by atoms with van der Waals surface area (Å²) in [5.74, 6) is -0.115. The van der Waals surface area contributed by atoms with E-state index in [1.165, 1.54) is 30.4 Å². The van der Waals surface area contributed by atoms with Gasteiger partial charge in [-0.25, -0.2) is 4.79 Å². The van der Waals surface area contributed by atoms with Crippen LogP contribution < -0.4 is 14.8 Å². The molecule has 2 rings (SSSR count). The lowest BCUT2D eigenvalue weighted by molar-refractivity contribution is -0.384. The standard InChI is InChI=1S/C23H26N2O7/c1-4-12-31-20-10-7-17(13-21(20)30-5-2)8-11-23(27)32-15-22(26)24-19-14-18(25(28)29)9-6-16(19)3/h6-11,13-14H,4-5,12,15H2,1-3H3,(H,24,26)/b11-8+. The van der Waals surface area contributed by atoms with Gasteiger partial charge in [-0.3, -0.25) is 14.9 Å². The molecule has 0 saturated carbocycles. The highest BCUT2D eigenvalue weighted by atomic mass is 16.6. The Morgan fingerprint density at radius 1 is 1.09 bits per heavy atom. The molecule has 0 bridgehead atoms. The Labute approximate surface area is 186 Å². The third-order valence-corrected chi connectivity index (χ3v) is 4.19. The number of carbonyl (C=O) groups is 2. The second-order valence-electron chi connectivity index (χ2n) is 6.73. The van der Waals surface area contributed by atoms with E-state index < -0.39 is 23.4 Å². The van der Waals surface area contributed by atoms with Crippen LogP contribution in [0.3, 0.4) is 0 Å². The minimum Gasteiger partial charge on any atom is -0.490 e. The molecule has 0 aromatic heterocycles. The van der Waals surface area contributed by atoms with E-state index in [9.17, 15) is 19.7 Å². The number of nitro groups is 1. The summed E-state index contributed by atoms with van der Waals surface area (Å²) in [7, 11) is 0. The number of carbonyl (C=O) groups excluding carboxylic acids is 2. The van der Waals surface area contributed by atoms with Crippen LogP contribution in [0, 0.1) is 17.0 Å². The lowest BCUT2D eigenvalue weighted by Gasteiger charge is -2.12. The number of nitrogens with one attached hydrogen (secondary N) is 1. The summed E-state index contributed by atoms with van der Waals surface area (Å²) in [5.41, 5.74) is 1.48. The molecule has 0 atom stereocenters. The summed E-state index contributed by atoms with van der Waals surface area (Å²) in [4.78, 5) is 34.3. The van der Waals surface area contributed by atoms with Crippen molar-refractivity contribution in [3.8, 4) is 11.5 Å². The van der Waals surface area contributed by atoms with Crippen LogP contribution in [0.4, 0.5) is 11.4 Å². The molecule has 0 aliphatic heterocycles. The van der Waals surface area contributed by atoms with Gasteiger partial charge < -0.3 is 19.5 Å². The predicted molar refractivity (Wildman–Crippen MR) is 120 cm³/mol. The summed E-state index contributed by atoms with van der Waals surface area (Å²) >= 11 is 0. The number of rotatable bonds is 11. The molecule has 0 aliphatic rings. The lowest BCUT2D eigenvalue weighted by atomic mass is 10.2. The Morgan fingerprint density at radius 2 is 1.88 bits per heavy atom. The van der Waals surface area contributed by atoms with Gasteiger partial charge >= 0.3 is 5.97 Å². The number of hydrogen-bond donors (Lipinski definition) is 1. The number of nitrogens with zero attached hydrogens (tertiary/aromatic N) is 1. The highest BCUT2D eigenvalue weighted by molar-refractivity contribution is 5.95. The minimum absolute atomic E-state index is 0.150. The zero-order valence-electron chi connectivity index (χ0n) is 18.3. The van der Waals surface area contributed by atoms with Gasteiger partial charge in [0.25, 0.3) is 11.6 Å². The number of nitro benzene ring substituents is 1. The Morgan fingerprint density at radius 3 is 2.56 bits per heavy atom. The average molecular weight is 442 g/mol. The first kappa shape index (κ1) is 24.4. The van der Waals surface area contributed by atoms with Gasteiger partial charge in [0.15, 0.2) is 18.1 Å². The SMILES string of the molecule is CCCOc1ccc(/C=C/C(=O)OCC(=O)Nc2cc([N+](=O)[O-])ccc2C)cc1OCC. The van der Waals surface area contributed by atoms with Gasteiger partial charge in [0, 0.05) is 18.2 Å². The minimum atomic E-state index is -0.708. The molecule has 0 aliphatic carbocycles. The molecule has 0 heterocycles. The first-order chi connectivity index (χ1) is 15.3.